The first kappa shape index (κ1) is 23.3. The van der Waals surface area contributed by atoms with Crippen LogP contribution in [0.1, 0.15) is 51.3 Å². The molecule has 0 N–H and O–H groups in total. The Morgan fingerprint density at radius 1 is 0.938 bits per heavy atom. The molecule has 0 saturated heterocycles. The summed E-state index contributed by atoms with van der Waals surface area (Å²) in [6.45, 7) is 8.23. The molecule has 1 unspecified atom stereocenters. The van der Waals surface area contributed by atoms with Gasteiger partial charge in [0, 0.05) is 24.5 Å². The first-order valence-corrected chi connectivity index (χ1v) is 10.5. The minimum atomic E-state index is -0.306. The molecule has 0 spiro atoms. The highest BCUT2D eigenvalue weighted by atomic mass is 16.7. The lowest BCUT2D eigenvalue weighted by atomic mass is 10.0. The van der Waals surface area contributed by atoms with E-state index < -0.39 is 0 Å². The third-order valence-electron chi connectivity index (χ3n) is 5.14. The maximum absolute atomic E-state index is 11.8. The van der Waals surface area contributed by atoms with Crippen LogP contribution >= 0.6 is 0 Å². The number of ether oxygens (including phenoxy) is 4. The average molecular weight is 440 g/mol. The molecule has 3 aromatic rings. The average Bonchev–Trinajstić information content (AvgIpc) is 3.43. The van der Waals surface area contributed by atoms with Crippen LogP contribution in [0.3, 0.4) is 0 Å². The number of fused-ring (bicyclic) bond motifs is 2. The summed E-state index contributed by atoms with van der Waals surface area (Å²) in [5.74, 6) is 0.149. The topological polar surface area (TPSA) is 84.2 Å². The van der Waals surface area contributed by atoms with Crippen molar-refractivity contribution < 1.29 is 33.0 Å². The molecule has 0 fully saturated rings. The monoisotopic (exact) mass is 440 g/mol. The van der Waals surface area contributed by atoms with Gasteiger partial charge >= 0.3 is 11.9 Å². The van der Waals surface area contributed by atoms with Gasteiger partial charge in [-0.15, -0.1) is 0 Å². The highest BCUT2D eigenvalue weighted by Gasteiger charge is 2.29. The Balaban J connectivity index is 0.000000182. The van der Waals surface area contributed by atoms with Crippen LogP contribution in [0.15, 0.2) is 41.0 Å². The van der Waals surface area contributed by atoms with Crippen molar-refractivity contribution in [3.05, 3.63) is 64.4 Å². The van der Waals surface area contributed by atoms with Crippen molar-refractivity contribution in [1.82, 2.24) is 0 Å². The second kappa shape index (κ2) is 10.3. The first-order valence-electron chi connectivity index (χ1n) is 10.5. The molecule has 1 aliphatic rings. The number of benzene rings is 2. The fourth-order valence-electron chi connectivity index (χ4n) is 3.57. The van der Waals surface area contributed by atoms with E-state index in [2.05, 4.69) is 0 Å². The van der Waals surface area contributed by atoms with Crippen LogP contribution in [0, 0.1) is 13.8 Å². The van der Waals surface area contributed by atoms with Crippen molar-refractivity contribution in [2.24, 2.45) is 0 Å². The highest BCUT2D eigenvalue weighted by molar-refractivity contribution is 6.03. The molecule has 2 aromatic carbocycles. The van der Waals surface area contributed by atoms with E-state index in [1.165, 1.54) is 0 Å². The van der Waals surface area contributed by atoms with Crippen molar-refractivity contribution >= 4 is 22.9 Å². The van der Waals surface area contributed by atoms with Gasteiger partial charge in [0.2, 0.25) is 6.29 Å². The fraction of sp³-hybridized carbons (Fsp3) is 0.360. The van der Waals surface area contributed by atoms with Gasteiger partial charge in [-0.05, 0) is 57.0 Å². The van der Waals surface area contributed by atoms with Crippen LogP contribution in [0.25, 0.3) is 11.0 Å². The molecular weight excluding hydrogens is 412 g/mol. The van der Waals surface area contributed by atoms with Gasteiger partial charge in [0.05, 0.1) is 30.6 Å². The molecule has 170 valence electrons. The summed E-state index contributed by atoms with van der Waals surface area (Å²) in [6, 6.07) is 9.06. The van der Waals surface area contributed by atoms with Gasteiger partial charge in [-0.3, -0.25) is 0 Å². The third-order valence-corrected chi connectivity index (χ3v) is 5.14. The normalized spacial score (nSPS) is 14.2. The van der Waals surface area contributed by atoms with E-state index in [0.29, 0.717) is 30.8 Å². The summed E-state index contributed by atoms with van der Waals surface area (Å²) >= 11 is 0. The Hall–Kier alpha value is -3.32. The van der Waals surface area contributed by atoms with Crippen molar-refractivity contribution in [3.8, 4) is 5.75 Å². The van der Waals surface area contributed by atoms with Gasteiger partial charge in [-0.1, -0.05) is 12.1 Å². The lowest BCUT2D eigenvalue weighted by Gasteiger charge is -2.09. The smallest absolute Gasteiger partial charge is 0.338 e. The summed E-state index contributed by atoms with van der Waals surface area (Å²) in [5, 5.41) is 0.813. The van der Waals surface area contributed by atoms with E-state index in [4.69, 9.17) is 23.4 Å². The van der Waals surface area contributed by atoms with E-state index >= 15 is 0 Å². The molecule has 1 aliphatic heterocycles. The van der Waals surface area contributed by atoms with Crippen LogP contribution < -0.4 is 4.74 Å². The van der Waals surface area contributed by atoms with Gasteiger partial charge in [0.15, 0.2) is 0 Å². The van der Waals surface area contributed by atoms with Crippen LogP contribution in [0.4, 0.5) is 0 Å². The Bertz CT molecular complexity index is 1110. The number of hydrogen-bond donors (Lipinski definition) is 0. The Labute approximate surface area is 187 Å². The molecule has 0 saturated carbocycles. The van der Waals surface area contributed by atoms with Gasteiger partial charge in [0.1, 0.15) is 11.3 Å². The van der Waals surface area contributed by atoms with Gasteiger partial charge in [-0.25, -0.2) is 9.59 Å². The molecule has 1 aromatic heterocycles. The van der Waals surface area contributed by atoms with Crippen LogP contribution in [-0.4, -0.2) is 38.6 Å². The maximum Gasteiger partial charge on any atom is 0.338 e. The summed E-state index contributed by atoms with van der Waals surface area (Å²) in [5.41, 5.74) is 4.80. The maximum atomic E-state index is 11.8. The molecule has 4 rings (SSSR count). The fourth-order valence-corrected chi connectivity index (χ4v) is 3.57. The summed E-state index contributed by atoms with van der Waals surface area (Å²) in [4.78, 5) is 23.4. The predicted molar refractivity (Wildman–Crippen MR) is 119 cm³/mol. The second-order valence-electron chi connectivity index (χ2n) is 7.26. The molecule has 2 heterocycles. The standard InChI is InChI=1S/C13H16O4.C12H12O3/c1-4-16-13(14)9-6-5-8(2)12-10(9)7-11(15-3)17-12;1-3-14-12(13)10-5-4-8(2)11-9(10)6-7-15-11/h5-6,11H,4,7H2,1-3H3;4-7H,3H2,1-2H3. The number of rotatable bonds is 5. The van der Waals surface area contributed by atoms with Crippen molar-refractivity contribution in [3.63, 3.8) is 0 Å². The lowest BCUT2D eigenvalue weighted by molar-refractivity contribution is -0.0370. The van der Waals surface area contributed by atoms with Gasteiger partial charge < -0.3 is 23.4 Å². The number of methoxy groups -OCH3 is 1. The second-order valence-corrected chi connectivity index (χ2v) is 7.26. The van der Waals surface area contributed by atoms with E-state index in [1.807, 2.05) is 26.0 Å². The zero-order valence-corrected chi connectivity index (χ0v) is 19.0. The zero-order chi connectivity index (χ0) is 23.3. The molecular formula is C25H28O7. The minimum Gasteiger partial charge on any atom is -0.464 e. The number of esters is 2. The van der Waals surface area contributed by atoms with Crippen molar-refractivity contribution in [2.45, 2.75) is 40.4 Å². The Kier molecular flexibility index (Phi) is 7.53. The zero-order valence-electron chi connectivity index (χ0n) is 19.0. The summed E-state index contributed by atoms with van der Waals surface area (Å²) < 4.78 is 26.1. The van der Waals surface area contributed by atoms with E-state index in [1.54, 1.807) is 45.4 Å². The van der Waals surface area contributed by atoms with Crippen molar-refractivity contribution in [2.75, 3.05) is 20.3 Å². The number of furan rings is 1. The summed E-state index contributed by atoms with van der Waals surface area (Å²) in [6.07, 6.45) is 1.86. The van der Waals surface area contributed by atoms with E-state index in [0.717, 1.165) is 33.4 Å². The molecule has 0 bridgehead atoms. The number of aryl methyl sites for hydroxylation is 2. The third kappa shape index (κ3) is 4.78. The molecule has 7 nitrogen and oxygen atoms in total. The number of carbonyl (C=O) groups excluding carboxylic acids is 2. The number of hydrogen-bond acceptors (Lipinski definition) is 7. The van der Waals surface area contributed by atoms with E-state index in [9.17, 15) is 9.59 Å². The quantitative estimate of drug-likeness (QED) is 0.516. The van der Waals surface area contributed by atoms with E-state index in [-0.39, 0.29) is 18.2 Å². The Morgan fingerprint density at radius 3 is 2.22 bits per heavy atom. The molecule has 7 heteroatoms. The molecule has 0 radical (unpaired) electrons. The predicted octanol–water partition coefficient (Wildman–Crippen LogP) is 5.00. The molecule has 0 aliphatic carbocycles. The van der Waals surface area contributed by atoms with Crippen LogP contribution in [-0.2, 0) is 20.6 Å². The molecule has 1 atom stereocenters. The minimum absolute atomic E-state index is 0.302. The largest absolute Gasteiger partial charge is 0.464 e. The summed E-state index contributed by atoms with van der Waals surface area (Å²) in [7, 11) is 1.59. The lowest BCUT2D eigenvalue weighted by Crippen LogP contribution is -2.15. The van der Waals surface area contributed by atoms with Gasteiger partial charge in [-0.2, -0.15) is 0 Å². The Morgan fingerprint density at radius 2 is 1.56 bits per heavy atom. The SMILES string of the molecule is CCOC(=O)c1ccc(C)c2c1CC(OC)O2.CCOC(=O)c1ccc(C)c2occc12. The number of carbonyl (C=O) groups is 2. The highest BCUT2D eigenvalue weighted by Crippen LogP contribution is 2.35. The first-order chi connectivity index (χ1) is 15.4. The molecule has 32 heavy (non-hydrogen) atoms. The molecule has 0 amide bonds. The van der Waals surface area contributed by atoms with Crippen molar-refractivity contribution in [1.29, 1.82) is 0 Å². The van der Waals surface area contributed by atoms with Gasteiger partial charge in [0.25, 0.3) is 0 Å². The van der Waals surface area contributed by atoms with Crippen LogP contribution in [0.5, 0.6) is 5.75 Å². The van der Waals surface area contributed by atoms with Crippen LogP contribution in [0.2, 0.25) is 0 Å².